The third-order valence-electron chi connectivity index (χ3n) is 2.11. The van der Waals surface area contributed by atoms with Crippen LogP contribution in [0.15, 0.2) is 0 Å². The van der Waals surface area contributed by atoms with Gasteiger partial charge in [0.05, 0.1) is 6.54 Å². The molecule has 1 fully saturated rings. The molecule has 1 rings (SSSR count). The van der Waals surface area contributed by atoms with E-state index < -0.39 is 0 Å². The van der Waals surface area contributed by atoms with Gasteiger partial charge in [-0.3, -0.25) is 4.90 Å². The first kappa shape index (κ1) is 7.73. The van der Waals surface area contributed by atoms with E-state index in [9.17, 15) is 0 Å². The summed E-state index contributed by atoms with van der Waals surface area (Å²) in [5, 5.41) is 0. The van der Waals surface area contributed by atoms with Crippen molar-refractivity contribution in [2.24, 2.45) is 0 Å². The Balaban J connectivity index is 2.12. The molecule has 1 unspecified atom stereocenters. The van der Waals surface area contributed by atoms with Crippen LogP contribution in [-0.2, 0) is 0 Å². The van der Waals surface area contributed by atoms with Gasteiger partial charge in [-0.15, -0.1) is 0 Å². The van der Waals surface area contributed by atoms with E-state index in [1.54, 1.807) is 4.90 Å². The Morgan fingerprint density at radius 1 is 1.60 bits per heavy atom. The SMILES string of the molecule is C=[N+]1CC[NH+](CCCC)C1. The van der Waals surface area contributed by atoms with Gasteiger partial charge in [0.2, 0.25) is 0 Å². The molecule has 0 aromatic heterocycles. The van der Waals surface area contributed by atoms with E-state index in [2.05, 4.69) is 18.2 Å². The fourth-order valence-electron chi connectivity index (χ4n) is 1.42. The summed E-state index contributed by atoms with van der Waals surface area (Å²) in [6, 6.07) is 0. The average molecular weight is 142 g/mol. The van der Waals surface area contributed by atoms with Crippen molar-refractivity contribution < 1.29 is 9.48 Å². The minimum Gasteiger partial charge on any atom is -0.275 e. The number of rotatable bonds is 3. The summed E-state index contributed by atoms with van der Waals surface area (Å²) in [4.78, 5) is 1.71. The molecule has 0 aromatic rings. The monoisotopic (exact) mass is 142 g/mol. The Labute approximate surface area is 63.2 Å². The highest BCUT2D eigenvalue weighted by Gasteiger charge is 2.22. The van der Waals surface area contributed by atoms with E-state index in [0.29, 0.717) is 0 Å². The minimum absolute atomic E-state index is 1.15. The van der Waals surface area contributed by atoms with E-state index in [1.165, 1.54) is 32.5 Å². The van der Waals surface area contributed by atoms with Crippen molar-refractivity contribution in [3.8, 4) is 0 Å². The molecule has 1 heterocycles. The molecule has 1 N–H and O–H groups in total. The molecule has 0 aliphatic carbocycles. The molecule has 10 heavy (non-hydrogen) atoms. The molecule has 0 bridgehead atoms. The molecule has 1 atom stereocenters. The average Bonchev–Trinajstić information content (AvgIpc) is 2.31. The topological polar surface area (TPSA) is 7.45 Å². The lowest BCUT2D eigenvalue weighted by atomic mass is 10.3. The third kappa shape index (κ3) is 2.10. The van der Waals surface area contributed by atoms with Crippen molar-refractivity contribution in [2.45, 2.75) is 19.8 Å². The highest BCUT2D eigenvalue weighted by Crippen LogP contribution is 1.81. The summed E-state index contributed by atoms with van der Waals surface area (Å²) in [6.07, 6.45) is 2.68. The number of unbranched alkanes of at least 4 members (excludes halogenated alkanes) is 1. The highest BCUT2D eigenvalue weighted by atomic mass is 15.3. The van der Waals surface area contributed by atoms with Crippen molar-refractivity contribution in [1.29, 1.82) is 0 Å². The maximum Gasteiger partial charge on any atom is 0.269 e. The van der Waals surface area contributed by atoms with Gasteiger partial charge in [0, 0.05) is 0 Å². The van der Waals surface area contributed by atoms with Crippen LogP contribution in [0.5, 0.6) is 0 Å². The second-order valence-electron chi connectivity index (χ2n) is 3.16. The van der Waals surface area contributed by atoms with Crippen LogP contribution in [0, 0.1) is 0 Å². The number of quaternary nitrogens is 1. The second kappa shape index (κ2) is 3.71. The Morgan fingerprint density at radius 3 is 2.90 bits per heavy atom. The van der Waals surface area contributed by atoms with Crippen molar-refractivity contribution in [3.63, 3.8) is 0 Å². The predicted molar refractivity (Wildman–Crippen MR) is 42.7 cm³/mol. The summed E-state index contributed by atoms with van der Waals surface area (Å²) >= 11 is 0. The smallest absolute Gasteiger partial charge is 0.269 e. The van der Waals surface area contributed by atoms with Crippen LogP contribution in [0.2, 0.25) is 0 Å². The van der Waals surface area contributed by atoms with E-state index in [4.69, 9.17) is 0 Å². The van der Waals surface area contributed by atoms with Gasteiger partial charge in [-0.1, -0.05) is 13.3 Å². The Hall–Kier alpha value is -0.370. The van der Waals surface area contributed by atoms with Gasteiger partial charge in [0.1, 0.15) is 13.3 Å². The molecule has 0 spiro atoms. The first-order valence-corrected chi connectivity index (χ1v) is 4.22. The number of nitrogens with one attached hydrogen (secondary N) is 1. The Morgan fingerprint density at radius 2 is 2.40 bits per heavy atom. The van der Waals surface area contributed by atoms with Crippen LogP contribution in [0.25, 0.3) is 0 Å². The largest absolute Gasteiger partial charge is 0.275 e. The molecule has 0 aromatic carbocycles. The lowest BCUT2D eigenvalue weighted by Gasteiger charge is -2.04. The van der Waals surface area contributed by atoms with Crippen molar-refractivity contribution >= 4 is 6.72 Å². The zero-order chi connectivity index (χ0) is 7.40. The number of nitrogens with zero attached hydrogens (tertiary/aromatic N) is 1. The molecule has 0 radical (unpaired) electrons. The second-order valence-corrected chi connectivity index (χ2v) is 3.16. The molecule has 1 aliphatic rings. The zero-order valence-corrected chi connectivity index (χ0v) is 6.90. The van der Waals surface area contributed by atoms with Crippen molar-refractivity contribution in [2.75, 3.05) is 26.3 Å². The van der Waals surface area contributed by atoms with Crippen LogP contribution in [-0.4, -0.2) is 37.6 Å². The van der Waals surface area contributed by atoms with Gasteiger partial charge >= 0.3 is 0 Å². The Kier molecular flexibility index (Phi) is 2.87. The summed E-state index contributed by atoms with van der Waals surface area (Å²) in [5.41, 5.74) is 0. The summed E-state index contributed by atoms with van der Waals surface area (Å²) in [7, 11) is 0. The van der Waals surface area contributed by atoms with Crippen LogP contribution in [0.1, 0.15) is 19.8 Å². The van der Waals surface area contributed by atoms with Gasteiger partial charge in [-0.2, -0.15) is 4.58 Å². The third-order valence-corrected chi connectivity index (χ3v) is 2.11. The maximum atomic E-state index is 3.91. The van der Waals surface area contributed by atoms with E-state index >= 15 is 0 Å². The number of hydrogen-bond acceptors (Lipinski definition) is 0. The van der Waals surface area contributed by atoms with E-state index in [-0.39, 0.29) is 0 Å². The van der Waals surface area contributed by atoms with Gasteiger partial charge in [-0.05, 0) is 6.42 Å². The first-order valence-electron chi connectivity index (χ1n) is 4.22. The molecular formula is C8H18N2+2. The summed E-state index contributed by atoms with van der Waals surface area (Å²) in [6.45, 7) is 11.1. The van der Waals surface area contributed by atoms with Gasteiger partial charge in [0.15, 0.2) is 6.54 Å². The standard InChI is InChI=1S/C8H17N2/c1-3-4-5-10-7-6-9(2)8-10/h2-8H2,1H3/q+1/p+1. The van der Waals surface area contributed by atoms with Crippen molar-refractivity contribution in [3.05, 3.63) is 0 Å². The van der Waals surface area contributed by atoms with Gasteiger partial charge in [-0.25, -0.2) is 0 Å². The highest BCUT2D eigenvalue weighted by molar-refractivity contribution is 5.14. The summed E-state index contributed by atoms with van der Waals surface area (Å²) < 4.78 is 2.16. The fourth-order valence-corrected chi connectivity index (χ4v) is 1.42. The molecule has 58 valence electrons. The summed E-state index contributed by atoms with van der Waals surface area (Å²) in [5.74, 6) is 0. The van der Waals surface area contributed by atoms with Crippen LogP contribution in [0.3, 0.4) is 0 Å². The van der Waals surface area contributed by atoms with E-state index in [0.717, 1.165) is 6.67 Å². The molecule has 0 saturated carbocycles. The van der Waals surface area contributed by atoms with Crippen molar-refractivity contribution in [1.82, 2.24) is 0 Å². The molecular weight excluding hydrogens is 124 g/mol. The van der Waals surface area contributed by atoms with E-state index in [1.807, 2.05) is 0 Å². The van der Waals surface area contributed by atoms with Gasteiger partial charge < -0.3 is 0 Å². The minimum atomic E-state index is 1.15. The maximum absolute atomic E-state index is 3.91. The molecule has 2 heteroatoms. The first-order chi connectivity index (χ1) is 4.83. The Bertz CT molecular complexity index is 120. The fraction of sp³-hybridized carbons (Fsp3) is 0.875. The molecule has 1 aliphatic heterocycles. The molecule has 0 amide bonds. The lowest BCUT2D eigenvalue weighted by molar-refractivity contribution is -0.929. The van der Waals surface area contributed by atoms with Crippen LogP contribution in [0.4, 0.5) is 0 Å². The predicted octanol–water partition coefficient (Wildman–Crippen LogP) is -0.644. The lowest BCUT2D eigenvalue weighted by Crippen LogP contribution is -3.10. The normalized spacial score (nSPS) is 25.7. The van der Waals surface area contributed by atoms with Crippen LogP contribution >= 0.6 is 0 Å². The quantitative estimate of drug-likeness (QED) is 0.501. The zero-order valence-electron chi connectivity index (χ0n) is 6.90. The van der Waals surface area contributed by atoms with Gasteiger partial charge in [0.25, 0.3) is 6.67 Å². The molecule has 1 saturated heterocycles. The molecule has 2 nitrogen and oxygen atoms in total. The van der Waals surface area contributed by atoms with Crippen LogP contribution < -0.4 is 4.90 Å². The number of hydrogen-bond donors (Lipinski definition) is 1.